The number of piperidine rings is 1. The van der Waals surface area contributed by atoms with Crippen LogP contribution in [0.2, 0.25) is 0 Å². The third-order valence-corrected chi connectivity index (χ3v) is 6.26. The Morgan fingerprint density at radius 2 is 1.93 bits per heavy atom. The number of hydrogen-bond donors (Lipinski definition) is 2. The van der Waals surface area contributed by atoms with Crippen LogP contribution in [-0.4, -0.2) is 56.7 Å². The first-order chi connectivity index (χ1) is 13.6. The molecule has 2 fully saturated rings. The second kappa shape index (κ2) is 10.1. The highest BCUT2D eigenvalue weighted by Crippen LogP contribution is 2.24. The molecule has 5 nitrogen and oxygen atoms in total. The summed E-state index contributed by atoms with van der Waals surface area (Å²) in [6.45, 7) is 12.6. The van der Waals surface area contributed by atoms with E-state index in [9.17, 15) is 0 Å². The minimum atomic E-state index is 0.229. The smallest absolute Gasteiger partial charge is 0.191 e. The second-order valence-electron chi connectivity index (χ2n) is 8.71. The van der Waals surface area contributed by atoms with Crippen LogP contribution in [0.4, 0.5) is 5.69 Å². The summed E-state index contributed by atoms with van der Waals surface area (Å²) in [6, 6.07) is 9.83. The van der Waals surface area contributed by atoms with E-state index < -0.39 is 0 Å². The first-order valence-corrected chi connectivity index (χ1v) is 11.1. The predicted octanol–water partition coefficient (Wildman–Crippen LogP) is 3.63. The summed E-state index contributed by atoms with van der Waals surface area (Å²) in [5, 5.41) is 7.15. The molecule has 0 spiro atoms. The first kappa shape index (κ1) is 21.0. The number of nitrogens with zero attached hydrogens (tertiary/aromatic N) is 3. The summed E-state index contributed by atoms with van der Waals surface area (Å²) in [4.78, 5) is 9.55. The minimum absolute atomic E-state index is 0.229. The Morgan fingerprint density at radius 3 is 2.64 bits per heavy atom. The van der Waals surface area contributed by atoms with Crippen molar-refractivity contribution in [3.05, 3.63) is 29.8 Å². The summed E-state index contributed by atoms with van der Waals surface area (Å²) in [6.07, 6.45) is 5.23. The fraction of sp³-hybridized carbons (Fsp3) is 0.696. The van der Waals surface area contributed by atoms with Crippen molar-refractivity contribution >= 4 is 11.6 Å². The maximum Gasteiger partial charge on any atom is 0.191 e. The van der Waals surface area contributed by atoms with E-state index in [1.807, 2.05) is 7.05 Å². The van der Waals surface area contributed by atoms with Gasteiger partial charge in [0.2, 0.25) is 0 Å². The van der Waals surface area contributed by atoms with E-state index >= 15 is 0 Å². The molecule has 3 rings (SSSR count). The summed E-state index contributed by atoms with van der Waals surface area (Å²) in [5.74, 6) is 1.60. The molecule has 1 aromatic carbocycles. The summed E-state index contributed by atoms with van der Waals surface area (Å²) < 4.78 is 0. The lowest BCUT2D eigenvalue weighted by Crippen LogP contribution is -2.46. The number of anilines is 1. The molecule has 2 atom stereocenters. The maximum atomic E-state index is 4.46. The quantitative estimate of drug-likeness (QED) is 0.580. The Kier molecular flexibility index (Phi) is 7.60. The fourth-order valence-corrected chi connectivity index (χ4v) is 4.42. The zero-order valence-electron chi connectivity index (χ0n) is 18.2. The maximum absolute atomic E-state index is 4.46. The van der Waals surface area contributed by atoms with Crippen LogP contribution in [-0.2, 0) is 0 Å². The molecule has 0 radical (unpaired) electrons. The SMILES string of the molecule is CN=C(NCC1CCCN(C(C)C)C1)NC(C)c1cccc(N2CCCC2)c1. The van der Waals surface area contributed by atoms with Crippen molar-refractivity contribution in [2.24, 2.45) is 10.9 Å². The molecule has 0 amide bonds. The predicted molar refractivity (Wildman–Crippen MR) is 120 cm³/mol. The van der Waals surface area contributed by atoms with Crippen LogP contribution < -0.4 is 15.5 Å². The van der Waals surface area contributed by atoms with Crippen molar-refractivity contribution in [3.63, 3.8) is 0 Å². The van der Waals surface area contributed by atoms with Gasteiger partial charge in [-0.15, -0.1) is 0 Å². The molecule has 0 bridgehead atoms. The van der Waals surface area contributed by atoms with E-state index in [4.69, 9.17) is 0 Å². The Hall–Kier alpha value is -1.75. The lowest BCUT2D eigenvalue weighted by atomic mass is 9.97. The standard InChI is InChI=1S/C23H39N5/c1-18(2)28-14-8-9-20(17-28)16-25-23(24-4)26-19(3)21-10-7-11-22(15-21)27-12-5-6-13-27/h7,10-11,15,18-20H,5-6,8-9,12-14,16-17H2,1-4H3,(H2,24,25,26). The number of rotatable bonds is 6. The molecular formula is C23H39N5. The number of aliphatic imine (C=N–C) groups is 1. The van der Waals surface area contributed by atoms with Crippen LogP contribution in [0.5, 0.6) is 0 Å². The molecule has 2 saturated heterocycles. The van der Waals surface area contributed by atoms with Crippen molar-refractivity contribution in [2.45, 2.75) is 58.5 Å². The second-order valence-corrected chi connectivity index (χ2v) is 8.71. The van der Waals surface area contributed by atoms with Crippen molar-refractivity contribution in [2.75, 3.05) is 44.7 Å². The van der Waals surface area contributed by atoms with Gasteiger partial charge in [0.05, 0.1) is 6.04 Å². The van der Waals surface area contributed by atoms with E-state index in [2.05, 4.69) is 70.5 Å². The molecule has 0 aliphatic carbocycles. The van der Waals surface area contributed by atoms with E-state index in [1.165, 1.54) is 63.1 Å². The molecule has 0 aromatic heterocycles. The van der Waals surface area contributed by atoms with Gasteiger partial charge in [0.15, 0.2) is 5.96 Å². The van der Waals surface area contributed by atoms with E-state index in [1.54, 1.807) is 0 Å². The Morgan fingerprint density at radius 1 is 1.14 bits per heavy atom. The van der Waals surface area contributed by atoms with Gasteiger partial charge >= 0.3 is 0 Å². The molecule has 2 unspecified atom stereocenters. The molecule has 5 heteroatoms. The molecule has 2 heterocycles. The van der Waals surface area contributed by atoms with E-state index in [-0.39, 0.29) is 6.04 Å². The third-order valence-electron chi connectivity index (χ3n) is 6.26. The zero-order chi connectivity index (χ0) is 19.9. The average molecular weight is 386 g/mol. The Balaban J connectivity index is 1.52. The number of guanidine groups is 1. The fourth-order valence-electron chi connectivity index (χ4n) is 4.42. The molecule has 1 aromatic rings. The van der Waals surface area contributed by atoms with Gasteiger partial charge in [-0.2, -0.15) is 0 Å². The number of likely N-dealkylation sites (tertiary alicyclic amines) is 1. The van der Waals surface area contributed by atoms with Gasteiger partial charge in [0.1, 0.15) is 0 Å². The van der Waals surface area contributed by atoms with Crippen molar-refractivity contribution in [1.29, 1.82) is 0 Å². The molecular weight excluding hydrogens is 346 g/mol. The summed E-state index contributed by atoms with van der Waals surface area (Å²) in [7, 11) is 1.87. The monoisotopic (exact) mass is 385 g/mol. The van der Waals surface area contributed by atoms with Crippen LogP contribution in [0.1, 0.15) is 58.1 Å². The van der Waals surface area contributed by atoms with E-state index in [0.29, 0.717) is 12.0 Å². The molecule has 156 valence electrons. The van der Waals surface area contributed by atoms with Gasteiger partial charge in [-0.25, -0.2) is 0 Å². The molecule has 28 heavy (non-hydrogen) atoms. The first-order valence-electron chi connectivity index (χ1n) is 11.1. The molecule has 2 aliphatic heterocycles. The highest BCUT2D eigenvalue weighted by molar-refractivity contribution is 5.80. The topological polar surface area (TPSA) is 42.9 Å². The van der Waals surface area contributed by atoms with Crippen LogP contribution in [0, 0.1) is 5.92 Å². The average Bonchev–Trinajstić information content (AvgIpc) is 3.26. The van der Waals surface area contributed by atoms with Crippen molar-refractivity contribution in [3.8, 4) is 0 Å². The highest BCUT2D eigenvalue weighted by Gasteiger charge is 2.22. The Labute approximate surface area is 171 Å². The van der Waals surface area contributed by atoms with Crippen LogP contribution >= 0.6 is 0 Å². The molecule has 2 aliphatic rings. The molecule has 0 saturated carbocycles. The summed E-state index contributed by atoms with van der Waals surface area (Å²) >= 11 is 0. The number of nitrogens with one attached hydrogen (secondary N) is 2. The van der Waals surface area contributed by atoms with Crippen LogP contribution in [0.15, 0.2) is 29.3 Å². The van der Waals surface area contributed by atoms with Gasteiger partial charge in [-0.05, 0) is 76.6 Å². The highest BCUT2D eigenvalue weighted by atomic mass is 15.2. The lowest BCUT2D eigenvalue weighted by molar-refractivity contribution is 0.141. The zero-order valence-corrected chi connectivity index (χ0v) is 18.2. The van der Waals surface area contributed by atoms with Gasteiger partial charge in [0.25, 0.3) is 0 Å². The van der Waals surface area contributed by atoms with Crippen LogP contribution in [0.25, 0.3) is 0 Å². The number of benzene rings is 1. The van der Waals surface area contributed by atoms with Crippen molar-refractivity contribution < 1.29 is 0 Å². The van der Waals surface area contributed by atoms with Gasteiger partial charge < -0.3 is 20.4 Å². The van der Waals surface area contributed by atoms with Gasteiger partial charge in [0, 0.05) is 45.0 Å². The van der Waals surface area contributed by atoms with Gasteiger partial charge in [-0.1, -0.05) is 12.1 Å². The normalized spacial score (nSPS) is 22.5. The third kappa shape index (κ3) is 5.63. The van der Waals surface area contributed by atoms with E-state index in [0.717, 1.165) is 12.5 Å². The lowest BCUT2D eigenvalue weighted by Gasteiger charge is -2.35. The largest absolute Gasteiger partial charge is 0.372 e. The minimum Gasteiger partial charge on any atom is -0.372 e. The Bertz CT molecular complexity index is 636. The number of hydrogen-bond acceptors (Lipinski definition) is 3. The van der Waals surface area contributed by atoms with Gasteiger partial charge in [-0.3, -0.25) is 4.99 Å². The van der Waals surface area contributed by atoms with Crippen molar-refractivity contribution in [1.82, 2.24) is 15.5 Å². The summed E-state index contributed by atoms with van der Waals surface area (Å²) in [5.41, 5.74) is 2.67. The van der Waals surface area contributed by atoms with Crippen LogP contribution in [0.3, 0.4) is 0 Å². The molecule has 2 N–H and O–H groups in total.